The third-order valence-corrected chi connectivity index (χ3v) is 6.33. The number of fused-ring (bicyclic) bond motifs is 1. The molecule has 1 aliphatic carbocycles. The van der Waals surface area contributed by atoms with Crippen LogP contribution in [0.15, 0.2) is 10.6 Å². The monoisotopic (exact) mass is 365 g/mol. The van der Waals surface area contributed by atoms with Crippen molar-refractivity contribution in [3.8, 4) is 0 Å². The van der Waals surface area contributed by atoms with Crippen LogP contribution in [0.3, 0.4) is 0 Å². The molecular weight excluding hydrogens is 338 g/mol. The molecule has 2 heterocycles. The molecule has 2 fully saturated rings. The molecule has 2 amide bonds. The highest BCUT2D eigenvalue weighted by Crippen LogP contribution is 2.38. The Kier molecular flexibility index (Phi) is 6.04. The molecule has 1 N–H and O–H groups in total. The second kappa shape index (κ2) is 8.25. The lowest BCUT2D eigenvalue weighted by atomic mass is 9.72. The van der Waals surface area contributed by atoms with Crippen molar-refractivity contribution in [1.82, 2.24) is 10.1 Å². The summed E-state index contributed by atoms with van der Waals surface area (Å²) >= 11 is 1.37. The van der Waals surface area contributed by atoms with Gasteiger partial charge in [0.2, 0.25) is 11.8 Å². The average molecular weight is 365 g/mol. The second-order valence-corrected chi connectivity index (χ2v) is 8.22. The normalized spacial score (nSPS) is 26.2. The number of hydrogen-bond acceptors (Lipinski definition) is 5. The predicted molar refractivity (Wildman–Crippen MR) is 98.4 cm³/mol. The van der Waals surface area contributed by atoms with E-state index < -0.39 is 0 Å². The molecule has 6 nitrogen and oxygen atoms in total. The topological polar surface area (TPSA) is 75.4 Å². The van der Waals surface area contributed by atoms with Crippen LogP contribution in [0.5, 0.6) is 0 Å². The average Bonchev–Trinajstić information content (AvgIpc) is 3.00. The van der Waals surface area contributed by atoms with Crippen LogP contribution in [0.25, 0.3) is 0 Å². The maximum atomic E-state index is 12.6. The maximum Gasteiger partial charge on any atom is 0.235 e. The van der Waals surface area contributed by atoms with Gasteiger partial charge in [-0.1, -0.05) is 24.9 Å². The van der Waals surface area contributed by atoms with Crippen LogP contribution >= 0.6 is 11.8 Å². The number of nitrogens with one attached hydrogen (secondary N) is 1. The Labute approximate surface area is 153 Å². The van der Waals surface area contributed by atoms with E-state index >= 15 is 0 Å². The highest BCUT2D eigenvalue weighted by molar-refractivity contribution is 8.00. The first-order valence-electron chi connectivity index (χ1n) is 9.15. The Balaban J connectivity index is 1.44. The van der Waals surface area contributed by atoms with Gasteiger partial charge in [0.15, 0.2) is 5.82 Å². The number of likely N-dealkylation sites (tertiary alicyclic amines) is 1. The fourth-order valence-corrected chi connectivity index (χ4v) is 4.84. The summed E-state index contributed by atoms with van der Waals surface area (Å²) < 4.78 is 4.91. The van der Waals surface area contributed by atoms with Crippen molar-refractivity contribution in [3.63, 3.8) is 0 Å². The van der Waals surface area contributed by atoms with Gasteiger partial charge in [-0.05, 0) is 38.0 Å². The molecular formula is C18H27N3O3S. The summed E-state index contributed by atoms with van der Waals surface area (Å²) in [6, 6.07) is 2.09. The van der Waals surface area contributed by atoms with Crippen molar-refractivity contribution in [2.75, 3.05) is 23.4 Å². The van der Waals surface area contributed by atoms with E-state index in [0.717, 1.165) is 25.3 Å². The quantitative estimate of drug-likeness (QED) is 0.868. The van der Waals surface area contributed by atoms with E-state index in [-0.39, 0.29) is 17.6 Å². The van der Waals surface area contributed by atoms with Crippen molar-refractivity contribution in [1.29, 1.82) is 0 Å². The maximum absolute atomic E-state index is 12.6. The van der Waals surface area contributed by atoms with Crippen molar-refractivity contribution in [2.45, 2.75) is 52.0 Å². The lowest BCUT2D eigenvalue weighted by Gasteiger charge is -2.47. The number of piperidine rings is 1. The van der Waals surface area contributed by atoms with Crippen LogP contribution in [0.2, 0.25) is 0 Å². The molecule has 3 unspecified atom stereocenters. The molecule has 2 aliphatic rings. The number of aryl methyl sites for hydroxylation is 1. The number of carbonyl (C=O) groups is 2. The van der Waals surface area contributed by atoms with E-state index in [9.17, 15) is 9.59 Å². The number of anilines is 1. The molecule has 1 aliphatic heterocycles. The van der Waals surface area contributed by atoms with Gasteiger partial charge in [0.25, 0.3) is 0 Å². The van der Waals surface area contributed by atoms with Gasteiger partial charge in [-0.3, -0.25) is 9.59 Å². The molecule has 1 saturated carbocycles. The Bertz CT molecular complexity index is 618. The lowest BCUT2D eigenvalue weighted by Crippen LogP contribution is -2.52. The number of aromatic nitrogens is 1. The van der Waals surface area contributed by atoms with Crippen LogP contribution in [0, 0.1) is 18.8 Å². The van der Waals surface area contributed by atoms with E-state index in [2.05, 4.69) is 22.3 Å². The first-order valence-corrected chi connectivity index (χ1v) is 10.3. The van der Waals surface area contributed by atoms with Crippen molar-refractivity contribution in [2.24, 2.45) is 11.8 Å². The Hall–Kier alpha value is -1.50. The van der Waals surface area contributed by atoms with E-state index in [1.54, 1.807) is 13.0 Å². The third-order valence-electron chi connectivity index (χ3n) is 5.41. The molecule has 3 rings (SSSR count). The van der Waals surface area contributed by atoms with Gasteiger partial charge in [0, 0.05) is 18.7 Å². The Morgan fingerprint density at radius 3 is 2.88 bits per heavy atom. The molecule has 1 saturated heterocycles. The number of rotatable bonds is 5. The van der Waals surface area contributed by atoms with Crippen LogP contribution in [-0.4, -0.2) is 46.0 Å². The summed E-state index contributed by atoms with van der Waals surface area (Å²) in [6.45, 7) is 4.97. The number of carbonyl (C=O) groups excluding carboxylic acids is 2. The number of amides is 2. The highest BCUT2D eigenvalue weighted by Gasteiger charge is 2.39. The fraction of sp³-hybridized carbons (Fsp3) is 0.722. The molecule has 1 aromatic rings. The third kappa shape index (κ3) is 4.57. The standard InChI is InChI=1S/C18H27N3O3S/c1-12-7-8-21(15-6-4-3-5-14(12)15)18(23)11-25-10-17(22)19-16-9-13(2)24-20-16/h9,12,14-15H,3-8,10-11H2,1-2H3,(H,19,20,22). The number of nitrogens with zero attached hydrogens (tertiary/aromatic N) is 2. The van der Waals surface area contributed by atoms with E-state index in [1.807, 2.05) is 0 Å². The summed E-state index contributed by atoms with van der Waals surface area (Å²) in [4.78, 5) is 26.7. The summed E-state index contributed by atoms with van der Waals surface area (Å²) in [5.74, 6) is 3.09. The molecule has 7 heteroatoms. The van der Waals surface area contributed by atoms with Crippen LogP contribution in [-0.2, 0) is 9.59 Å². The molecule has 1 aromatic heterocycles. The van der Waals surface area contributed by atoms with E-state index in [1.165, 1.54) is 31.0 Å². The predicted octanol–water partition coefficient (Wildman–Crippen LogP) is 3.08. The van der Waals surface area contributed by atoms with Crippen LogP contribution < -0.4 is 5.32 Å². The highest BCUT2D eigenvalue weighted by atomic mass is 32.2. The van der Waals surface area contributed by atoms with Crippen molar-refractivity contribution >= 4 is 29.4 Å². The molecule has 0 bridgehead atoms. The SMILES string of the molecule is Cc1cc(NC(=O)CSCC(=O)N2CCC(C)C3CCCCC32)no1. The minimum absolute atomic E-state index is 0.158. The van der Waals surface area contributed by atoms with Gasteiger partial charge >= 0.3 is 0 Å². The molecule has 25 heavy (non-hydrogen) atoms. The van der Waals surface area contributed by atoms with Gasteiger partial charge in [-0.15, -0.1) is 11.8 Å². The van der Waals surface area contributed by atoms with E-state index in [4.69, 9.17) is 4.52 Å². The lowest BCUT2D eigenvalue weighted by molar-refractivity contribution is -0.136. The van der Waals surface area contributed by atoms with Gasteiger partial charge in [-0.2, -0.15) is 0 Å². The first-order chi connectivity index (χ1) is 12.0. The van der Waals surface area contributed by atoms with Gasteiger partial charge < -0.3 is 14.7 Å². The molecule has 3 atom stereocenters. The first kappa shape index (κ1) is 18.3. The minimum atomic E-state index is -0.158. The summed E-state index contributed by atoms with van der Waals surface area (Å²) in [5, 5.41) is 6.41. The zero-order valence-corrected chi connectivity index (χ0v) is 15.8. The van der Waals surface area contributed by atoms with Crippen molar-refractivity contribution in [3.05, 3.63) is 11.8 Å². The molecule has 0 radical (unpaired) electrons. The zero-order chi connectivity index (χ0) is 17.8. The van der Waals surface area contributed by atoms with Gasteiger partial charge in [0.05, 0.1) is 11.5 Å². The number of hydrogen-bond donors (Lipinski definition) is 1. The van der Waals surface area contributed by atoms with Crippen LogP contribution in [0.1, 0.15) is 44.8 Å². The van der Waals surface area contributed by atoms with Gasteiger partial charge in [0.1, 0.15) is 5.76 Å². The van der Waals surface area contributed by atoms with Gasteiger partial charge in [-0.25, -0.2) is 0 Å². The Morgan fingerprint density at radius 1 is 1.32 bits per heavy atom. The van der Waals surface area contributed by atoms with Crippen LogP contribution in [0.4, 0.5) is 5.82 Å². The summed E-state index contributed by atoms with van der Waals surface area (Å²) in [6.07, 6.45) is 6.01. The second-order valence-electron chi connectivity index (χ2n) is 7.23. The molecule has 138 valence electrons. The molecule has 0 spiro atoms. The minimum Gasteiger partial charge on any atom is -0.360 e. The Morgan fingerprint density at radius 2 is 2.12 bits per heavy atom. The summed E-state index contributed by atoms with van der Waals surface area (Å²) in [7, 11) is 0. The van der Waals surface area contributed by atoms with E-state index in [0.29, 0.717) is 29.3 Å². The largest absolute Gasteiger partial charge is 0.360 e. The molecule has 0 aromatic carbocycles. The zero-order valence-electron chi connectivity index (χ0n) is 15.0. The smallest absolute Gasteiger partial charge is 0.235 e. The fourth-order valence-electron chi connectivity index (χ4n) is 4.14. The van der Waals surface area contributed by atoms with Crippen molar-refractivity contribution < 1.29 is 14.1 Å². The number of thioether (sulfide) groups is 1. The summed E-state index contributed by atoms with van der Waals surface area (Å²) in [5.41, 5.74) is 0.